The van der Waals surface area contributed by atoms with E-state index in [1.165, 1.54) is 38.5 Å². The van der Waals surface area contributed by atoms with E-state index in [0.717, 1.165) is 38.5 Å². The zero-order chi connectivity index (χ0) is 23.6. The molecule has 0 bridgehead atoms. The molecule has 4 unspecified atom stereocenters. The van der Waals surface area contributed by atoms with Crippen LogP contribution in [0.15, 0.2) is 9.98 Å². The first kappa shape index (κ1) is 25.7. The number of hydrogen-bond acceptors (Lipinski definition) is 8. The lowest BCUT2D eigenvalue weighted by Crippen LogP contribution is -2.40. The van der Waals surface area contributed by atoms with E-state index in [1.54, 1.807) is 12.2 Å². The van der Waals surface area contributed by atoms with Gasteiger partial charge in [0.05, 0.1) is 38.5 Å². The van der Waals surface area contributed by atoms with Crippen molar-refractivity contribution >= 4 is 12.2 Å². The fourth-order valence-electron chi connectivity index (χ4n) is 6.43. The quantitative estimate of drug-likeness (QED) is 0.313. The van der Waals surface area contributed by atoms with E-state index in [1.807, 2.05) is 0 Å². The van der Waals surface area contributed by atoms with Crippen LogP contribution in [0.3, 0.4) is 0 Å². The van der Waals surface area contributed by atoms with Crippen LogP contribution in [0.4, 0.5) is 0 Å². The second-order valence-electron chi connectivity index (χ2n) is 10.3. The van der Waals surface area contributed by atoms with E-state index in [4.69, 9.17) is 18.9 Å². The molecular formula is C26H40N2O6. The Morgan fingerprint density at radius 2 is 1.09 bits per heavy atom. The van der Waals surface area contributed by atoms with E-state index in [2.05, 4.69) is 9.98 Å². The number of fused-ring (bicyclic) bond motifs is 1. The second-order valence-corrected chi connectivity index (χ2v) is 10.3. The van der Waals surface area contributed by atoms with Crippen molar-refractivity contribution in [3.05, 3.63) is 0 Å². The highest BCUT2D eigenvalue weighted by Gasteiger charge is 2.50. The number of nitrogens with zero attached hydrogens (tertiary/aromatic N) is 2. The van der Waals surface area contributed by atoms with E-state index in [-0.39, 0.29) is 36.6 Å². The molecule has 4 aliphatic rings. The lowest BCUT2D eigenvalue weighted by Gasteiger charge is -2.33. The van der Waals surface area contributed by atoms with Gasteiger partial charge >= 0.3 is 0 Å². The predicted octanol–water partition coefficient (Wildman–Crippen LogP) is 3.90. The van der Waals surface area contributed by atoms with Gasteiger partial charge in [-0.2, -0.15) is 0 Å². The molecule has 0 N–H and O–H groups in total. The van der Waals surface area contributed by atoms with Gasteiger partial charge in [0, 0.05) is 0 Å². The van der Waals surface area contributed by atoms with Crippen LogP contribution in [0, 0.1) is 11.8 Å². The molecule has 190 valence electrons. The Morgan fingerprint density at radius 1 is 0.676 bits per heavy atom. The summed E-state index contributed by atoms with van der Waals surface area (Å²) in [7, 11) is 0. The molecule has 0 aromatic carbocycles. The lowest BCUT2D eigenvalue weighted by molar-refractivity contribution is -0.110. The molecule has 34 heavy (non-hydrogen) atoms. The predicted molar refractivity (Wildman–Crippen MR) is 125 cm³/mol. The van der Waals surface area contributed by atoms with E-state index >= 15 is 0 Å². The summed E-state index contributed by atoms with van der Waals surface area (Å²) in [6, 6.07) is 0. The maximum atomic E-state index is 10.6. The van der Waals surface area contributed by atoms with Gasteiger partial charge in [0.1, 0.15) is 24.4 Å². The summed E-state index contributed by atoms with van der Waals surface area (Å²) in [5.74, 6) is 0.995. The second kappa shape index (κ2) is 13.6. The average Bonchev–Trinajstić information content (AvgIpc) is 3.47. The first-order chi connectivity index (χ1) is 16.8. The minimum Gasteiger partial charge on any atom is -0.370 e. The van der Waals surface area contributed by atoms with Crippen LogP contribution in [0.2, 0.25) is 0 Å². The molecule has 2 aliphatic heterocycles. The van der Waals surface area contributed by atoms with Crippen LogP contribution in [-0.4, -0.2) is 75.1 Å². The SMILES string of the molecule is O=C=NCCC(O[C@H]1COC2C1OC[C@@H]2OC(CCN=C=O)C1CCCCC1)C1CCCCC1. The van der Waals surface area contributed by atoms with Crippen LogP contribution in [0.5, 0.6) is 0 Å². The van der Waals surface area contributed by atoms with E-state index in [0.29, 0.717) is 38.1 Å². The summed E-state index contributed by atoms with van der Waals surface area (Å²) in [4.78, 5) is 28.7. The summed E-state index contributed by atoms with van der Waals surface area (Å²) >= 11 is 0. The van der Waals surface area contributed by atoms with Crippen molar-refractivity contribution in [2.75, 3.05) is 26.3 Å². The molecule has 0 radical (unpaired) electrons. The Balaban J connectivity index is 1.35. The summed E-state index contributed by atoms with van der Waals surface area (Å²) < 4.78 is 25.6. The smallest absolute Gasteiger partial charge is 0.234 e. The third kappa shape index (κ3) is 6.84. The zero-order valence-corrected chi connectivity index (χ0v) is 20.3. The Labute approximate surface area is 202 Å². The van der Waals surface area contributed by atoms with Crippen molar-refractivity contribution in [1.82, 2.24) is 0 Å². The minimum absolute atomic E-state index is 0.0597. The molecule has 0 spiro atoms. The average molecular weight is 477 g/mol. The summed E-state index contributed by atoms with van der Waals surface area (Å²) in [6.07, 6.45) is 16.5. The van der Waals surface area contributed by atoms with Crippen LogP contribution in [-0.2, 0) is 28.5 Å². The molecule has 2 saturated heterocycles. The monoisotopic (exact) mass is 476 g/mol. The molecule has 2 heterocycles. The van der Waals surface area contributed by atoms with Crippen molar-refractivity contribution < 1.29 is 28.5 Å². The fourth-order valence-corrected chi connectivity index (χ4v) is 6.43. The van der Waals surface area contributed by atoms with Gasteiger partial charge in [0.2, 0.25) is 12.2 Å². The van der Waals surface area contributed by atoms with Crippen LogP contribution < -0.4 is 0 Å². The highest BCUT2D eigenvalue weighted by atomic mass is 16.6. The van der Waals surface area contributed by atoms with Gasteiger partial charge in [0.15, 0.2) is 0 Å². The van der Waals surface area contributed by atoms with Crippen molar-refractivity contribution in [3.63, 3.8) is 0 Å². The lowest BCUT2D eigenvalue weighted by atomic mass is 9.84. The Morgan fingerprint density at radius 3 is 1.47 bits per heavy atom. The third-order valence-corrected chi connectivity index (χ3v) is 8.19. The Hall–Kier alpha value is -1.40. The summed E-state index contributed by atoms with van der Waals surface area (Å²) in [6.45, 7) is 1.90. The highest BCUT2D eigenvalue weighted by Crippen LogP contribution is 2.37. The highest BCUT2D eigenvalue weighted by molar-refractivity contribution is 5.33. The number of ether oxygens (including phenoxy) is 4. The third-order valence-electron chi connectivity index (χ3n) is 8.19. The molecule has 8 nitrogen and oxygen atoms in total. The normalized spacial score (nSPS) is 31.9. The van der Waals surface area contributed by atoms with Crippen molar-refractivity contribution in [2.45, 2.75) is 114 Å². The van der Waals surface area contributed by atoms with Crippen LogP contribution in [0.1, 0.15) is 77.0 Å². The zero-order valence-electron chi connectivity index (χ0n) is 20.3. The van der Waals surface area contributed by atoms with Crippen LogP contribution >= 0.6 is 0 Å². The maximum Gasteiger partial charge on any atom is 0.234 e. The first-order valence-electron chi connectivity index (χ1n) is 13.4. The minimum atomic E-state index is -0.134. The molecule has 8 heteroatoms. The molecular weight excluding hydrogens is 436 g/mol. The van der Waals surface area contributed by atoms with Gasteiger partial charge in [-0.1, -0.05) is 38.5 Å². The van der Waals surface area contributed by atoms with Gasteiger partial charge in [-0.15, -0.1) is 0 Å². The van der Waals surface area contributed by atoms with E-state index in [9.17, 15) is 9.59 Å². The molecule has 0 aromatic heterocycles. The number of isocyanates is 2. The Kier molecular flexibility index (Phi) is 10.3. The van der Waals surface area contributed by atoms with Gasteiger partial charge in [-0.3, -0.25) is 0 Å². The molecule has 0 aromatic rings. The standard InChI is InChI=1S/C26H40N2O6/c29-17-27-13-11-21(19-7-3-1-4-8-19)33-23-15-31-26-24(16-32-25(23)26)34-22(12-14-28-18-30)20-9-5-2-6-10-20/h19-26H,1-16H2/t21?,22?,23-,24-,25?,26?/m0/s1. The largest absolute Gasteiger partial charge is 0.370 e. The number of hydrogen-bond donors (Lipinski definition) is 0. The van der Waals surface area contributed by atoms with Crippen molar-refractivity contribution in [1.29, 1.82) is 0 Å². The van der Waals surface area contributed by atoms with Gasteiger partial charge < -0.3 is 18.9 Å². The molecule has 4 fully saturated rings. The molecule has 0 amide bonds. The molecule has 2 saturated carbocycles. The number of rotatable bonds is 12. The fraction of sp³-hybridized carbons (Fsp3) is 0.923. The number of aliphatic imine (C=N–C) groups is 2. The molecule has 4 rings (SSSR count). The molecule has 6 atom stereocenters. The van der Waals surface area contributed by atoms with Gasteiger partial charge in [0.25, 0.3) is 0 Å². The van der Waals surface area contributed by atoms with Gasteiger partial charge in [-0.25, -0.2) is 19.6 Å². The molecule has 2 aliphatic carbocycles. The Bertz CT molecular complexity index is 650. The van der Waals surface area contributed by atoms with Crippen molar-refractivity contribution in [3.8, 4) is 0 Å². The van der Waals surface area contributed by atoms with E-state index < -0.39 is 0 Å². The number of carbonyl (C=O) groups excluding carboxylic acids is 2. The van der Waals surface area contributed by atoms with Gasteiger partial charge in [-0.05, 0) is 50.4 Å². The first-order valence-corrected chi connectivity index (χ1v) is 13.4. The van der Waals surface area contributed by atoms with Crippen LogP contribution in [0.25, 0.3) is 0 Å². The summed E-state index contributed by atoms with van der Waals surface area (Å²) in [5, 5.41) is 0. The maximum absolute atomic E-state index is 10.6. The topological polar surface area (TPSA) is 95.8 Å². The summed E-state index contributed by atoms with van der Waals surface area (Å²) in [5.41, 5.74) is 0. The van der Waals surface area contributed by atoms with Crippen molar-refractivity contribution in [2.24, 2.45) is 21.8 Å².